The molecule has 0 bridgehead atoms. The van der Waals surface area contributed by atoms with Gasteiger partial charge in [-0.3, -0.25) is 4.79 Å². The normalized spacial score (nSPS) is 10.8. The summed E-state index contributed by atoms with van der Waals surface area (Å²) in [6.07, 6.45) is 2.20. The van der Waals surface area contributed by atoms with Crippen LogP contribution >= 0.6 is 0 Å². The Morgan fingerprint density at radius 2 is 1.89 bits per heavy atom. The molecule has 1 amide bonds. The molecule has 0 unspecified atom stereocenters. The number of anilines is 1. The van der Waals surface area contributed by atoms with E-state index in [4.69, 9.17) is 5.73 Å². The number of hydrogen-bond donors (Lipinski definition) is 1. The molecule has 0 heterocycles. The van der Waals surface area contributed by atoms with Crippen LogP contribution in [0, 0.1) is 12.8 Å². The summed E-state index contributed by atoms with van der Waals surface area (Å²) in [5.74, 6) is 0.616. The van der Waals surface area contributed by atoms with Gasteiger partial charge >= 0.3 is 0 Å². The third-order valence-corrected chi connectivity index (χ3v) is 3.74. The van der Waals surface area contributed by atoms with Crippen molar-refractivity contribution in [2.75, 3.05) is 18.8 Å². The second-order valence-electron chi connectivity index (χ2n) is 5.12. The fourth-order valence-corrected chi connectivity index (χ4v) is 2.24. The highest BCUT2D eigenvalue weighted by Gasteiger charge is 2.19. The minimum atomic E-state index is 0.0515. The van der Waals surface area contributed by atoms with Crippen LogP contribution in [-0.2, 0) is 0 Å². The number of hydrogen-bond acceptors (Lipinski definition) is 2. The SMILES string of the molecule is CCC(CC)CN(CC)C(=O)c1cc(C)ccc1N. The van der Waals surface area contributed by atoms with Gasteiger partial charge in [0.05, 0.1) is 5.56 Å². The minimum absolute atomic E-state index is 0.0515. The molecule has 0 radical (unpaired) electrons. The highest BCUT2D eigenvalue weighted by molar-refractivity contribution is 5.99. The number of nitrogens with zero attached hydrogens (tertiary/aromatic N) is 1. The van der Waals surface area contributed by atoms with Crippen molar-refractivity contribution >= 4 is 11.6 Å². The van der Waals surface area contributed by atoms with Crippen molar-refractivity contribution in [3.05, 3.63) is 29.3 Å². The highest BCUT2D eigenvalue weighted by atomic mass is 16.2. The van der Waals surface area contributed by atoms with Crippen molar-refractivity contribution in [3.8, 4) is 0 Å². The molecule has 106 valence electrons. The van der Waals surface area contributed by atoms with E-state index in [1.165, 1.54) is 0 Å². The molecule has 0 aromatic heterocycles. The molecule has 0 spiro atoms. The Kier molecular flexibility index (Phi) is 5.87. The molecule has 0 atom stereocenters. The average Bonchev–Trinajstić information content (AvgIpc) is 2.42. The summed E-state index contributed by atoms with van der Waals surface area (Å²) in [7, 11) is 0. The molecule has 0 aliphatic heterocycles. The van der Waals surface area contributed by atoms with Crippen LogP contribution in [0.2, 0.25) is 0 Å². The zero-order chi connectivity index (χ0) is 14.4. The van der Waals surface area contributed by atoms with Gasteiger partial charge in [-0.1, -0.05) is 38.3 Å². The molecule has 0 fully saturated rings. The number of benzene rings is 1. The minimum Gasteiger partial charge on any atom is -0.398 e. The predicted molar refractivity (Wildman–Crippen MR) is 81.2 cm³/mol. The van der Waals surface area contributed by atoms with Gasteiger partial charge in [0.2, 0.25) is 0 Å². The molecule has 0 aliphatic carbocycles. The van der Waals surface area contributed by atoms with Crippen molar-refractivity contribution in [1.29, 1.82) is 0 Å². The predicted octanol–water partition coefficient (Wildman–Crippen LogP) is 3.48. The fraction of sp³-hybridized carbons (Fsp3) is 0.562. The first-order chi connectivity index (χ1) is 9.03. The van der Waals surface area contributed by atoms with E-state index in [1.807, 2.05) is 36.9 Å². The summed E-state index contributed by atoms with van der Waals surface area (Å²) in [5, 5.41) is 0. The van der Waals surface area contributed by atoms with Crippen LogP contribution in [0.5, 0.6) is 0 Å². The molecule has 1 rings (SSSR count). The van der Waals surface area contributed by atoms with Crippen LogP contribution in [0.1, 0.15) is 49.5 Å². The van der Waals surface area contributed by atoms with E-state index < -0.39 is 0 Å². The van der Waals surface area contributed by atoms with Crippen LogP contribution in [0.3, 0.4) is 0 Å². The Bertz CT molecular complexity index is 425. The smallest absolute Gasteiger partial charge is 0.255 e. The number of nitrogens with two attached hydrogens (primary N) is 1. The number of amides is 1. The number of aryl methyl sites for hydroxylation is 1. The molecule has 0 saturated heterocycles. The van der Waals surface area contributed by atoms with Crippen LogP contribution in [0.15, 0.2) is 18.2 Å². The summed E-state index contributed by atoms with van der Waals surface area (Å²) < 4.78 is 0. The second kappa shape index (κ2) is 7.17. The first-order valence-corrected chi connectivity index (χ1v) is 7.18. The van der Waals surface area contributed by atoms with E-state index in [-0.39, 0.29) is 5.91 Å². The van der Waals surface area contributed by atoms with Gasteiger partial charge in [-0.25, -0.2) is 0 Å². The second-order valence-corrected chi connectivity index (χ2v) is 5.12. The van der Waals surface area contributed by atoms with Gasteiger partial charge in [0.25, 0.3) is 5.91 Å². The molecule has 2 N–H and O–H groups in total. The maximum Gasteiger partial charge on any atom is 0.255 e. The molecule has 3 heteroatoms. The summed E-state index contributed by atoms with van der Waals surface area (Å²) in [6, 6.07) is 5.63. The zero-order valence-corrected chi connectivity index (χ0v) is 12.6. The summed E-state index contributed by atoms with van der Waals surface area (Å²) in [6.45, 7) is 9.89. The first-order valence-electron chi connectivity index (χ1n) is 7.18. The average molecular weight is 262 g/mol. The Labute approximate surface area is 116 Å². The van der Waals surface area contributed by atoms with E-state index in [2.05, 4.69) is 13.8 Å². The Hall–Kier alpha value is -1.51. The number of rotatable bonds is 6. The monoisotopic (exact) mass is 262 g/mol. The summed E-state index contributed by atoms with van der Waals surface area (Å²) in [4.78, 5) is 14.5. The molecule has 1 aromatic rings. The van der Waals surface area contributed by atoms with Gasteiger partial charge in [-0.05, 0) is 31.9 Å². The largest absolute Gasteiger partial charge is 0.398 e. The lowest BCUT2D eigenvalue weighted by molar-refractivity contribution is 0.0736. The van der Waals surface area contributed by atoms with Gasteiger partial charge in [0.1, 0.15) is 0 Å². The molecule has 1 aromatic carbocycles. The third-order valence-electron chi connectivity index (χ3n) is 3.74. The zero-order valence-electron chi connectivity index (χ0n) is 12.6. The molecule has 19 heavy (non-hydrogen) atoms. The highest BCUT2D eigenvalue weighted by Crippen LogP contribution is 2.18. The quantitative estimate of drug-likeness (QED) is 0.798. The van der Waals surface area contributed by atoms with Crippen molar-refractivity contribution in [2.45, 2.75) is 40.5 Å². The van der Waals surface area contributed by atoms with Crippen LogP contribution in [0.25, 0.3) is 0 Å². The van der Waals surface area contributed by atoms with Gasteiger partial charge in [-0.2, -0.15) is 0 Å². The standard InChI is InChI=1S/C16H26N2O/c1-5-13(6-2)11-18(7-3)16(19)14-10-12(4)8-9-15(14)17/h8-10,13H,5-7,11,17H2,1-4H3. The lowest BCUT2D eigenvalue weighted by atomic mass is 10.0. The van der Waals surface area contributed by atoms with Crippen molar-refractivity contribution in [3.63, 3.8) is 0 Å². The van der Waals surface area contributed by atoms with Gasteiger partial charge in [-0.15, -0.1) is 0 Å². The number of carbonyl (C=O) groups is 1. The lowest BCUT2D eigenvalue weighted by Crippen LogP contribution is -2.35. The van der Waals surface area contributed by atoms with E-state index in [9.17, 15) is 4.79 Å². The van der Waals surface area contributed by atoms with Crippen molar-refractivity contribution < 1.29 is 4.79 Å². The van der Waals surface area contributed by atoms with Gasteiger partial charge in [0, 0.05) is 18.8 Å². The summed E-state index contributed by atoms with van der Waals surface area (Å²) >= 11 is 0. The van der Waals surface area contributed by atoms with E-state index in [0.717, 1.165) is 31.5 Å². The molecule has 0 aliphatic rings. The Balaban J connectivity index is 2.92. The number of nitrogen functional groups attached to an aromatic ring is 1. The molecule has 3 nitrogen and oxygen atoms in total. The summed E-state index contributed by atoms with van der Waals surface area (Å²) in [5.41, 5.74) is 8.20. The number of carbonyl (C=O) groups excluding carboxylic acids is 1. The molecule has 0 saturated carbocycles. The first kappa shape index (κ1) is 15.5. The molecular formula is C16H26N2O. The van der Waals surface area contributed by atoms with Crippen LogP contribution < -0.4 is 5.73 Å². The topological polar surface area (TPSA) is 46.3 Å². The van der Waals surface area contributed by atoms with E-state index in [0.29, 0.717) is 17.2 Å². The maximum atomic E-state index is 12.6. The third kappa shape index (κ3) is 3.98. The van der Waals surface area contributed by atoms with Crippen molar-refractivity contribution in [1.82, 2.24) is 4.90 Å². The van der Waals surface area contributed by atoms with E-state index >= 15 is 0 Å². The molecular weight excluding hydrogens is 236 g/mol. The Morgan fingerprint density at radius 3 is 2.42 bits per heavy atom. The maximum absolute atomic E-state index is 12.6. The van der Waals surface area contributed by atoms with Crippen LogP contribution in [-0.4, -0.2) is 23.9 Å². The van der Waals surface area contributed by atoms with E-state index in [1.54, 1.807) is 0 Å². The fourth-order valence-electron chi connectivity index (χ4n) is 2.24. The van der Waals surface area contributed by atoms with Gasteiger partial charge < -0.3 is 10.6 Å². The lowest BCUT2D eigenvalue weighted by Gasteiger charge is -2.26. The Morgan fingerprint density at radius 1 is 1.26 bits per heavy atom. The van der Waals surface area contributed by atoms with Crippen LogP contribution in [0.4, 0.5) is 5.69 Å². The van der Waals surface area contributed by atoms with Crippen molar-refractivity contribution in [2.24, 2.45) is 5.92 Å². The van der Waals surface area contributed by atoms with Gasteiger partial charge in [0.15, 0.2) is 0 Å².